The summed E-state index contributed by atoms with van der Waals surface area (Å²) >= 11 is 1.06. The molecule has 1 aromatic carbocycles. The minimum atomic E-state index is -2.32. The zero-order valence-electron chi connectivity index (χ0n) is 54.0. The van der Waals surface area contributed by atoms with E-state index in [1.54, 1.807) is 24.3 Å². The number of carbonyl (C=O) groups is 15. The van der Waals surface area contributed by atoms with E-state index < -0.39 is 105 Å². The van der Waals surface area contributed by atoms with Crippen LogP contribution in [-0.4, -0.2) is 270 Å². The Balaban J connectivity index is 1.09. The highest BCUT2D eigenvalue weighted by Crippen LogP contribution is 2.66. The van der Waals surface area contributed by atoms with Crippen LogP contribution >= 0.6 is 33.3 Å². The lowest BCUT2D eigenvalue weighted by atomic mass is 9.72. The topological polar surface area (TPSA) is 406 Å². The molecule has 3 saturated heterocycles. The quantitative estimate of drug-likeness (QED) is 0.0134. The van der Waals surface area contributed by atoms with E-state index in [0.29, 0.717) is 51.5 Å². The van der Waals surface area contributed by atoms with Crippen molar-refractivity contribution >= 4 is 127 Å². The summed E-state index contributed by atoms with van der Waals surface area (Å²) in [5, 5.41) is 12.2. The maximum Gasteiger partial charge on any atom is 0.250 e. The Labute approximate surface area is 562 Å². The van der Waals surface area contributed by atoms with Crippen molar-refractivity contribution in [3.05, 3.63) is 29.8 Å². The molecular formula is C61H87N7O24S3. The van der Waals surface area contributed by atoms with Crippen LogP contribution in [-0.2, 0) is 121 Å². The van der Waals surface area contributed by atoms with E-state index in [-0.39, 0.29) is 167 Å². The minimum absolute atomic E-state index is 0.0123. The molecule has 528 valence electrons. The molecule has 3 aliphatic heterocycles. The van der Waals surface area contributed by atoms with Crippen molar-refractivity contribution in [2.75, 3.05) is 163 Å². The third-order valence-electron chi connectivity index (χ3n) is 14.4. The van der Waals surface area contributed by atoms with Gasteiger partial charge in [0, 0.05) is 89.1 Å². The van der Waals surface area contributed by atoms with Gasteiger partial charge >= 0.3 is 0 Å². The summed E-state index contributed by atoms with van der Waals surface area (Å²) in [6.45, 7) is 6.40. The van der Waals surface area contributed by atoms with Gasteiger partial charge in [0.1, 0.15) is 19.3 Å². The van der Waals surface area contributed by atoms with Gasteiger partial charge in [0.15, 0.2) is 38.8 Å². The molecule has 1 unspecified atom stereocenters. The first-order valence-corrected chi connectivity index (χ1v) is 34.2. The van der Waals surface area contributed by atoms with Crippen molar-refractivity contribution in [1.29, 1.82) is 0 Å². The molecule has 9 amide bonds. The van der Waals surface area contributed by atoms with Crippen molar-refractivity contribution in [1.82, 2.24) is 31.1 Å². The van der Waals surface area contributed by atoms with Crippen LogP contribution in [0.3, 0.4) is 0 Å². The number of imide groups is 2. The molecule has 34 heteroatoms. The van der Waals surface area contributed by atoms with Gasteiger partial charge in [0.25, 0.3) is 0 Å². The number of β-lactam (4-membered cyclic amide) rings is 1. The molecular weight excluding hydrogens is 1310 g/mol. The number of ketones is 6. The Morgan fingerprint density at radius 2 is 1.08 bits per heavy atom. The Bertz CT molecular complexity index is 2770. The molecule has 5 N–H and O–H groups in total. The largest absolute Gasteiger partial charge is 0.379 e. The van der Waals surface area contributed by atoms with Gasteiger partial charge < -0.3 is 69.2 Å². The Morgan fingerprint density at radius 3 is 1.59 bits per heavy atom. The number of Topliss-reactive ketones (excluding diaryl/α,β-unsaturated/α-hetero) is 6. The molecule has 4 rings (SSSR count). The highest BCUT2D eigenvalue weighted by molar-refractivity contribution is 8.94. The van der Waals surface area contributed by atoms with Crippen molar-refractivity contribution in [2.45, 2.75) is 94.4 Å². The first kappa shape index (κ1) is 81.0. The van der Waals surface area contributed by atoms with Crippen LogP contribution < -0.4 is 26.6 Å². The SMILES string of the molecule is CC(=O)C1(C(=O)CCOCCOCCOCCOCCNC(=O)CCN2C(=O)CC(SCCC(=O)N[C@H](CNC(=O)COCC(=O)Nc3ccc(CCC(=O)N4CCC4=O)cc3)C(=O)NCCOCCOCCOCCOCCC(=O)C(C(C)=O)(C(C)=O)C(C)=O)C2=O)SS1. The third kappa shape index (κ3) is 29.0. The molecule has 0 bridgehead atoms. The fraction of sp³-hybridized carbons (Fsp3) is 0.656. The molecule has 0 aromatic heterocycles. The standard InChI is InChI=1S/C61H87N7O24S3/c1-41(69)60(42(2)70,43(3)71)49(73)13-20-84-24-28-88-32-35-91-31-27-87-23-17-63-58(82)47(38-64-53(77)39-92-40-54(78)65-46-8-5-45(6-9-46)7-10-55(79)67-19-12-56(67)80)66-52(76)15-36-93-48-37-57(81)68(59(48)83)18-11-51(75)62-16-22-86-26-30-90-34-33-89-29-25-85-21-14-50(74)61(44(4)72)94-95-61/h5-6,8-9,47-48H,7,10-40H2,1-4H3,(H,62,75)(H,63,82)(H,64,77)(H,65,78)(H,66,76)/t47-,48?/m1/s1. The van der Waals surface area contributed by atoms with E-state index >= 15 is 0 Å². The number of hydrogen-bond donors (Lipinski definition) is 5. The average Bonchev–Trinajstić information content (AvgIpc) is 1.73. The number of rotatable bonds is 55. The molecule has 3 aliphatic rings. The second-order valence-corrected chi connectivity index (χ2v) is 25.6. The highest BCUT2D eigenvalue weighted by atomic mass is 33.2. The Kier molecular flexibility index (Phi) is 37.9. The Hall–Kier alpha value is -6.44. The van der Waals surface area contributed by atoms with Crippen molar-refractivity contribution in [3.63, 3.8) is 0 Å². The summed E-state index contributed by atoms with van der Waals surface area (Å²) < 4.78 is 47.9. The van der Waals surface area contributed by atoms with E-state index in [9.17, 15) is 71.9 Å². The van der Waals surface area contributed by atoms with Gasteiger partial charge in [-0.15, -0.1) is 11.8 Å². The average molecular weight is 1400 g/mol. The van der Waals surface area contributed by atoms with Gasteiger partial charge in [-0.2, -0.15) is 0 Å². The van der Waals surface area contributed by atoms with Gasteiger partial charge in [0.2, 0.25) is 58.6 Å². The highest BCUT2D eigenvalue weighted by Gasteiger charge is 2.57. The molecule has 31 nitrogen and oxygen atoms in total. The summed E-state index contributed by atoms with van der Waals surface area (Å²) in [5.41, 5.74) is -1.07. The lowest BCUT2D eigenvalue weighted by Crippen LogP contribution is -2.53. The Morgan fingerprint density at radius 1 is 0.568 bits per heavy atom. The number of benzene rings is 1. The van der Waals surface area contributed by atoms with Crippen LogP contribution in [0.2, 0.25) is 0 Å². The fourth-order valence-corrected chi connectivity index (χ4v) is 12.5. The monoisotopic (exact) mass is 1400 g/mol. The van der Waals surface area contributed by atoms with Gasteiger partial charge in [-0.3, -0.25) is 81.7 Å². The van der Waals surface area contributed by atoms with Crippen molar-refractivity contribution in [3.8, 4) is 0 Å². The number of nitrogens with zero attached hydrogens (tertiary/aromatic N) is 2. The van der Waals surface area contributed by atoms with E-state index in [2.05, 4.69) is 26.6 Å². The summed E-state index contributed by atoms with van der Waals surface area (Å²) in [5.74, 6) is -7.99. The molecule has 0 aliphatic carbocycles. The number of nitrogens with one attached hydrogen (secondary N) is 5. The number of aryl methyl sites for hydroxylation is 1. The van der Waals surface area contributed by atoms with E-state index in [0.717, 1.165) is 43.0 Å². The number of likely N-dealkylation sites (tertiary alicyclic amines) is 2. The maximum atomic E-state index is 13.4. The van der Waals surface area contributed by atoms with Crippen LogP contribution in [0.15, 0.2) is 24.3 Å². The maximum absolute atomic E-state index is 13.4. The molecule has 2 atom stereocenters. The smallest absolute Gasteiger partial charge is 0.250 e. The first-order valence-electron chi connectivity index (χ1n) is 31.0. The number of anilines is 1. The molecule has 0 saturated carbocycles. The van der Waals surface area contributed by atoms with E-state index in [4.69, 9.17) is 42.6 Å². The molecule has 0 radical (unpaired) electrons. The number of ether oxygens (including phenoxy) is 9. The zero-order valence-corrected chi connectivity index (χ0v) is 56.5. The van der Waals surface area contributed by atoms with Gasteiger partial charge in [-0.05, 0) is 51.8 Å². The molecule has 95 heavy (non-hydrogen) atoms. The lowest BCUT2D eigenvalue weighted by molar-refractivity contribution is -0.155. The third-order valence-corrected chi connectivity index (χ3v) is 18.7. The normalized spacial score (nSPS) is 15.2. The minimum Gasteiger partial charge on any atom is -0.379 e. The predicted octanol–water partition coefficient (Wildman–Crippen LogP) is -0.708. The molecule has 1 aromatic rings. The van der Waals surface area contributed by atoms with Gasteiger partial charge in [0.05, 0.1) is 111 Å². The van der Waals surface area contributed by atoms with Gasteiger partial charge in [-0.25, -0.2) is 0 Å². The van der Waals surface area contributed by atoms with Crippen LogP contribution in [0.25, 0.3) is 0 Å². The predicted molar refractivity (Wildman–Crippen MR) is 342 cm³/mol. The molecule has 0 spiro atoms. The fourth-order valence-electron chi connectivity index (χ4n) is 9.13. The molecule has 3 fully saturated rings. The number of hydrogen-bond acceptors (Lipinski definition) is 27. The summed E-state index contributed by atoms with van der Waals surface area (Å²) in [7, 11) is 2.54. The van der Waals surface area contributed by atoms with Crippen LogP contribution in [0, 0.1) is 5.41 Å². The van der Waals surface area contributed by atoms with E-state index in [1.807, 2.05) is 0 Å². The van der Waals surface area contributed by atoms with Crippen LogP contribution in [0.5, 0.6) is 0 Å². The lowest BCUT2D eigenvalue weighted by Gasteiger charge is -2.28. The number of carbonyl (C=O) groups excluding carboxylic acids is 15. The van der Waals surface area contributed by atoms with Gasteiger partial charge in [-0.1, -0.05) is 33.7 Å². The summed E-state index contributed by atoms with van der Waals surface area (Å²) in [6, 6.07) is 5.40. The number of thioether (sulfide) groups is 1. The second-order valence-electron chi connectivity index (χ2n) is 21.4. The van der Waals surface area contributed by atoms with Crippen molar-refractivity contribution < 1.29 is 115 Å². The molecule has 3 heterocycles. The van der Waals surface area contributed by atoms with Crippen LogP contribution in [0.4, 0.5) is 5.69 Å². The number of amides is 9. The first-order chi connectivity index (χ1) is 45.5. The summed E-state index contributed by atoms with van der Waals surface area (Å²) in [6.07, 6.45) is 0.284. The van der Waals surface area contributed by atoms with Crippen molar-refractivity contribution in [2.24, 2.45) is 5.41 Å². The second kappa shape index (κ2) is 44.4. The van der Waals surface area contributed by atoms with E-state index in [1.165, 1.54) is 33.4 Å². The summed E-state index contributed by atoms with van der Waals surface area (Å²) in [4.78, 5) is 189. The van der Waals surface area contributed by atoms with Crippen LogP contribution in [0.1, 0.15) is 78.2 Å². The zero-order chi connectivity index (χ0) is 69.6.